The molecule has 8 heteroatoms. The van der Waals surface area contributed by atoms with Crippen molar-refractivity contribution in [1.82, 2.24) is 10.9 Å². The Kier molecular flexibility index (Phi) is 6.30. The third kappa shape index (κ3) is 4.69. The maximum Gasteiger partial charge on any atom is 0.279 e. The zero-order chi connectivity index (χ0) is 20.1. The number of hydrogen-bond acceptors (Lipinski definition) is 6. The third-order valence-electron chi connectivity index (χ3n) is 4.55. The van der Waals surface area contributed by atoms with Crippen LogP contribution in [0.1, 0.15) is 43.8 Å². The van der Waals surface area contributed by atoms with Gasteiger partial charge in [-0.2, -0.15) is 0 Å². The molecule has 0 saturated carbocycles. The summed E-state index contributed by atoms with van der Waals surface area (Å²) in [5.74, 6) is 0.458. The van der Waals surface area contributed by atoms with Gasteiger partial charge in [0.25, 0.3) is 11.8 Å². The van der Waals surface area contributed by atoms with E-state index in [4.69, 9.17) is 9.47 Å². The van der Waals surface area contributed by atoms with Gasteiger partial charge in [0.15, 0.2) is 18.1 Å². The lowest BCUT2D eigenvalue weighted by Crippen LogP contribution is -2.43. The van der Waals surface area contributed by atoms with E-state index in [0.717, 1.165) is 19.3 Å². The highest BCUT2D eigenvalue weighted by molar-refractivity contribution is 7.14. The number of nitrogens with one attached hydrogen (secondary N) is 2. The molecule has 2 amide bonds. The van der Waals surface area contributed by atoms with E-state index in [-0.39, 0.29) is 12.5 Å². The average Bonchev–Trinajstić information content (AvgIpc) is 3.13. The van der Waals surface area contributed by atoms with Crippen LogP contribution in [0.25, 0.3) is 0 Å². The fourth-order valence-corrected chi connectivity index (χ4v) is 4.17. The summed E-state index contributed by atoms with van der Waals surface area (Å²) in [5, 5.41) is 0. The van der Waals surface area contributed by atoms with Gasteiger partial charge in [-0.25, -0.2) is 0 Å². The van der Waals surface area contributed by atoms with Crippen molar-refractivity contribution in [3.63, 3.8) is 0 Å². The van der Waals surface area contributed by atoms with Gasteiger partial charge in [-0.3, -0.25) is 25.2 Å². The number of fused-ring (bicyclic) bond motifs is 1. The molecule has 0 saturated heterocycles. The summed E-state index contributed by atoms with van der Waals surface area (Å²) in [6.07, 6.45) is 3.82. The second-order valence-electron chi connectivity index (χ2n) is 6.73. The summed E-state index contributed by atoms with van der Waals surface area (Å²) >= 11 is 1.48. The fourth-order valence-electron chi connectivity index (χ4n) is 3.06. The standard InChI is InChI=1S/C20H22N2O5S/c1-12-3-6-17-14(7-12)9-18(28-17)20(25)22-21-19(24)11-27-15-5-4-13(10-23)8-16(15)26-2/h4-5,8-10,12H,3,6-7,11H2,1-2H3,(H,21,24)(H,22,25)/t12-/m1/s1. The number of benzene rings is 1. The van der Waals surface area contributed by atoms with Crippen LogP contribution in [-0.2, 0) is 17.6 Å². The first-order chi connectivity index (χ1) is 13.5. The largest absolute Gasteiger partial charge is 0.493 e. The second kappa shape index (κ2) is 8.88. The van der Waals surface area contributed by atoms with E-state index in [9.17, 15) is 14.4 Å². The molecule has 0 radical (unpaired) electrons. The van der Waals surface area contributed by atoms with Crippen LogP contribution in [0.3, 0.4) is 0 Å². The third-order valence-corrected chi connectivity index (χ3v) is 5.79. The Morgan fingerprint density at radius 2 is 2.07 bits per heavy atom. The van der Waals surface area contributed by atoms with Gasteiger partial charge in [-0.1, -0.05) is 6.92 Å². The van der Waals surface area contributed by atoms with Crippen LogP contribution in [-0.4, -0.2) is 31.8 Å². The number of hydrazine groups is 1. The van der Waals surface area contributed by atoms with Gasteiger partial charge in [0.05, 0.1) is 12.0 Å². The molecule has 0 aliphatic heterocycles. The summed E-state index contributed by atoms with van der Waals surface area (Å²) < 4.78 is 10.5. The monoisotopic (exact) mass is 402 g/mol. The molecule has 28 heavy (non-hydrogen) atoms. The van der Waals surface area contributed by atoms with Crippen molar-refractivity contribution in [2.45, 2.75) is 26.2 Å². The number of carbonyl (C=O) groups excluding carboxylic acids is 3. The summed E-state index contributed by atoms with van der Waals surface area (Å²) in [6.45, 7) is 1.90. The number of aldehydes is 1. The van der Waals surface area contributed by atoms with Crippen molar-refractivity contribution in [2.24, 2.45) is 5.92 Å². The number of carbonyl (C=O) groups is 3. The van der Waals surface area contributed by atoms with Crippen LogP contribution >= 0.6 is 11.3 Å². The molecular formula is C20H22N2O5S. The van der Waals surface area contributed by atoms with Crippen molar-refractivity contribution in [2.75, 3.05) is 13.7 Å². The molecule has 0 fully saturated rings. The lowest BCUT2D eigenvalue weighted by atomic mass is 9.90. The number of hydrogen-bond donors (Lipinski definition) is 2. The van der Waals surface area contributed by atoms with E-state index in [1.165, 1.54) is 35.0 Å². The van der Waals surface area contributed by atoms with E-state index < -0.39 is 5.91 Å². The van der Waals surface area contributed by atoms with Gasteiger partial charge in [-0.15, -0.1) is 11.3 Å². The van der Waals surface area contributed by atoms with Crippen molar-refractivity contribution >= 4 is 29.4 Å². The van der Waals surface area contributed by atoms with Crippen molar-refractivity contribution in [3.05, 3.63) is 45.1 Å². The second-order valence-corrected chi connectivity index (χ2v) is 7.86. The Hall–Kier alpha value is -2.87. The van der Waals surface area contributed by atoms with Gasteiger partial charge in [0.2, 0.25) is 0 Å². The van der Waals surface area contributed by atoms with Crippen LogP contribution in [0.5, 0.6) is 11.5 Å². The van der Waals surface area contributed by atoms with Crippen LogP contribution < -0.4 is 20.3 Å². The zero-order valence-electron chi connectivity index (χ0n) is 15.7. The minimum atomic E-state index is -0.509. The minimum absolute atomic E-state index is 0.310. The van der Waals surface area contributed by atoms with Crippen LogP contribution in [0.15, 0.2) is 24.3 Å². The number of amides is 2. The summed E-state index contributed by atoms with van der Waals surface area (Å²) in [4.78, 5) is 36.9. The first kappa shape index (κ1) is 19.9. The fraction of sp³-hybridized carbons (Fsp3) is 0.350. The van der Waals surface area contributed by atoms with E-state index in [0.29, 0.717) is 34.1 Å². The summed E-state index contributed by atoms with van der Waals surface area (Å²) in [7, 11) is 1.44. The molecule has 7 nitrogen and oxygen atoms in total. The van der Waals surface area contributed by atoms with Gasteiger partial charge < -0.3 is 9.47 Å². The van der Waals surface area contributed by atoms with Crippen molar-refractivity contribution < 1.29 is 23.9 Å². The molecule has 1 aromatic carbocycles. The smallest absolute Gasteiger partial charge is 0.279 e. The molecule has 1 aliphatic carbocycles. The predicted molar refractivity (Wildman–Crippen MR) is 105 cm³/mol. The van der Waals surface area contributed by atoms with Crippen LogP contribution in [0.4, 0.5) is 0 Å². The molecule has 0 unspecified atom stereocenters. The van der Waals surface area contributed by atoms with Crippen molar-refractivity contribution in [3.8, 4) is 11.5 Å². The SMILES string of the molecule is COc1cc(C=O)ccc1OCC(=O)NNC(=O)c1cc2c(s1)CC[C@@H](C)C2. The summed E-state index contributed by atoms with van der Waals surface area (Å²) in [6, 6.07) is 6.53. The number of aryl methyl sites for hydroxylation is 1. The Morgan fingerprint density at radius 1 is 1.25 bits per heavy atom. The topological polar surface area (TPSA) is 93.7 Å². The van der Waals surface area contributed by atoms with E-state index in [1.54, 1.807) is 12.1 Å². The lowest BCUT2D eigenvalue weighted by molar-refractivity contribution is -0.123. The maximum absolute atomic E-state index is 12.3. The van der Waals surface area contributed by atoms with Gasteiger partial charge in [0, 0.05) is 10.4 Å². The molecule has 3 rings (SSSR count). The first-order valence-electron chi connectivity index (χ1n) is 8.97. The number of rotatable bonds is 6. The Balaban J connectivity index is 1.51. The molecular weight excluding hydrogens is 380 g/mol. The Bertz CT molecular complexity index is 893. The highest BCUT2D eigenvalue weighted by atomic mass is 32.1. The number of methoxy groups -OCH3 is 1. The van der Waals surface area contributed by atoms with Gasteiger partial charge >= 0.3 is 0 Å². The highest BCUT2D eigenvalue weighted by Gasteiger charge is 2.21. The predicted octanol–water partition coefficient (Wildman–Crippen LogP) is 2.53. The molecule has 0 spiro atoms. The zero-order valence-corrected chi connectivity index (χ0v) is 16.6. The number of thiophene rings is 1. The van der Waals surface area contributed by atoms with E-state index >= 15 is 0 Å². The molecule has 1 atom stereocenters. The molecule has 0 bridgehead atoms. The molecule has 148 valence electrons. The van der Waals surface area contributed by atoms with Crippen molar-refractivity contribution in [1.29, 1.82) is 0 Å². The highest BCUT2D eigenvalue weighted by Crippen LogP contribution is 2.32. The molecule has 2 N–H and O–H groups in total. The quantitative estimate of drug-likeness (QED) is 0.572. The van der Waals surface area contributed by atoms with Gasteiger partial charge in [0.1, 0.15) is 6.29 Å². The maximum atomic E-state index is 12.3. The Morgan fingerprint density at radius 3 is 2.82 bits per heavy atom. The molecule has 2 aromatic rings. The Labute approximate surface area is 167 Å². The molecule has 1 aromatic heterocycles. The lowest BCUT2D eigenvalue weighted by Gasteiger charge is -2.16. The van der Waals surface area contributed by atoms with Gasteiger partial charge in [-0.05, 0) is 55.0 Å². The van der Waals surface area contributed by atoms with E-state index in [1.807, 2.05) is 6.07 Å². The van der Waals surface area contributed by atoms with Crippen LogP contribution in [0, 0.1) is 5.92 Å². The number of ether oxygens (including phenoxy) is 2. The van der Waals surface area contributed by atoms with E-state index in [2.05, 4.69) is 17.8 Å². The first-order valence-corrected chi connectivity index (χ1v) is 9.78. The molecule has 1 heterocycles. The summed E-state index contributed by atoms with van der Waals surface area (Å²) in [5.41, 5.74) is 6.43. The average molecular weight is 402 g/mol. The normalized spacial score (nSPS) is 15.3. The minimum Gasteiger partial charge on any atom is -0.493 e. The van der Waals surface area contributed by atoms with Crippen LogP contribution in [0.2, 0.25) is 0 Å². The molecule has 1 aliphatic rings.